The van der Waals surface area contributed by atoms with Crippen molar-refractivity contribution in [2.75, 3.05) is 7.11 Å². The molecule has 1 aromatic rings. The minimum Gasteiger partial charge on any atom is -0.507 e. The fourth-order valence-corrected chi connectivity index (χ4v) is 1.68. The first-order chi connectivity index (χ1) is 9.11. The largest absolute Gasteiger partial charge is 0.507 e. The molecule has 0 bridgehead atoms. The van der Waals surface area contributed by atoms with Crippen LogP contribution in [0.15, 0.2) is 35.9 Å². The molecule has 1 aliphatic rings. The van der Waals surface area contributed by atoms with Crippen molar-refractivity contribution in [2.45, 2.75) is 6.42 Å². The highest BCUT2D eigenvalue weighted by Gasteiger charge is 2.16. The maximum Gasteiger partial charge on any atom is 0.243 e. The van der Waals surface area contributed by atoms with Gasteiger partial charge in [-0.25, -0.2) is 0 Å². The molecule has 0 spiro atoms. The Morgan fingerprint density at radius 1 is 1.32 bits per heavy atom. The molecular formula is C15H12O4. The van der Waals surface area contributed by atoms with Crippen molar-refractivity contribution in [1.82, 2.24) is 0 Å². The molecule has 19 heavy (non-hydrogen) atoms. The molecule has 2 rings (SSSR count). The van der Waals surface area contributed by atoms with Gasteiger partial charge in [-0.15, -0.1) is 0 Å². The zero-order chi connectivity index (χ0) is 13.8. The van der Waals surface area contributed by atoms with E-state index in [0.717, 1.165) is 5.57 Å². The van der Waals surface area contributed by atoms with Gasteiger partial charge in [0.05, 0.1) is 7.11 Å². The molecule has 4 nitrogen and oxygen atoms in total. The Morgan fingerprint density at radius 2 is 2.00 bits per heavy atom. The number of phenolic OH excluding ortho intramolecular Hbond substituents is 2. The molecular weight excluding hydrogens is 244 g/mol. The number of Topliss-reactive ketones (excluding diaryl/α,β-unsaturated/α-hetero) is 1. The molecule has 0 aliphatic heterocycles. The molecule has 4 heteroatoms. The number of carbonyl (C=O) groups is 1. The Bertz CT molecular complexity index is 619. The summed E-state index contributed by atoms with van der Waals surface area (Å²) in [7, 11) is 1.40. The summed E-state index contributed by atoms with van der Waals surface area (Å²) in [6.07, 6.45) is 6.29. The van der Waals surface area contributed by atoms with Crippen molar-refractivity contribution in [3.63, 3.8) is 0 Å². The summed E-state index contributed by atoms with van der Waals surface area (Å²) in [5.74, 6) is 4.04. The normalized spacial score (nSPS) is 12.6. The standard InChI is InChI=1S/C15H12O4/c1-19-11-8-13(17)15(14(18)9-11)12(16)7-6-10-4-2-3-5-10/h2-4,8-9,17-18H,5H2,1H3. The molecule has 0 amide bonds. The lowest BCUT2D eigenvalue weighted by atomic mass is 10.1. The van der Waals surface area contributed by atoms with Crippen molar-refractivity contribution in [3.8, 4) is 29.1 Å². The van der Waals surface area contributed by atoms with Gasteiger partial charge in [0.2, 0.25) is 5.78 Å². The summed E-state index contributed by atoms with van der Waals surface area (Å²) in [6, 6.07) is 2.51. The van der Waals surface area contributed by atoms with E-state index in [4.69, 9.17) is 4.74 Å². The number of allylic oxidation sites excluding steroid dienone is 4. The average molecular weight is 256 g/mol. The van der Waals surface area contributed by atoms with Crippen LogP contribution in [-0.4, -0.2) is 23.1 Å². The van der Waals surface area contributed by atoms with Crippen molar-refractivity contribution in [2.24, 2.45) is 0 Å². The van der Waals surface area contributed by atoms with Gasteiger partial charge in [-0.2, -0.15) is 0 Å². The van der Waals surface area contributed by atoms with Crippen LogP contribution in [0.3, 0.4) is 0 Å². The monoisotopic (exact) mass is 256 g/mol. The summed E-state index contributed by atoms with van der Waals surface area (Å²) >= 11 is 0. The van der Waals surface area contributed by atoms with E-state index in [1.807, 2.05) is 18.2 Å². The number of hydrogen-bond acceptors (Lipinski definition) is 4. The fraction of sp³-hybridized carbons (Fsp3) is 0.133. The van der Waals surface area contributed by atoms with Crippen LogP contribution >= 0.6 is 0 Å². The lowest BCUT2D eigenvalue weighted by Crippen LogP contribution is -1.97. The molecule has 0 unspecified atom stereocenters. The van der Waals surface area contributed by atoms with Crippen molar-refractivity contribution < 1.29 is 19.7 Å². The van der Waals surface area contributed by atoms with Gasteiger partial charge in [-0.05, 0) is 12.3 Å². The SMILES string of the molecule is COc1cc(O)c(C(=O)C#CC2=CC=CC2)c(O)c1. The highest BCUT2D eigenvalue weighted by Crippen LogP contribution is 2.32. The van der Waals surface area contributed by atoms with Crippen molar-refractivity contribution >= 4 is 5.78 Å². The smallest absolute Gasteiger partial charge is 0.243 e. The third-order valence-electron chi connectivity index (χ3n) is 2.64. The summed E-state index contributed by atoms with van der Waals surface area (Å²) in [6.45, 7) is 0. The van der Waals surface area contributed by atoms with E-state index in [-0.39, 0.29) is 22.8 Å². The fourth-order valence-electron chi connectivity index (χ4n) is 1.68. The molecule has 0 heterocycles. The Kier molecular flexibility index (Phi) is 3.58. The van der Waals surface area contributed by atoms with E-state index in [0.29, 0.717) is 6.42 Å². The van der Waals surface area contributed by atoms with Crippen LogP contribution in [0.1, 0.15) is 16.8 Å². The maximum absolute atomic E-state index is 11.9. The van der Waals surface area contributed by atoms with Crippen LogP contribution < -0.4 is 4.74 Å². The highest BCUT2D eigenvalue weighted by molar-refractivity contribution is 6.12. The average Bonchev–Trinajstić information content (AvgIpc) is 2.88. The Morgan fingerprint density at radius 3 is 2.53 bits per heavy atom. The number of benzene rings is 1. The molecule has 1 aliphatic carbocycles. The van der Waals surface area contributed by atoms with Crippen molar-refractivity contribution in [1.29, 1.82) is 0 Å². The zero-order valence-electron chi connectivity index (χ0n) is 10.3. The third kappa shape index (κ3) is 2.78. The van der Waals surface area contributed by atoms with Gasteiger partial charge in [0.15, 0.2) is 0 Å². The summed E-state index contributed by atoms with van der Waals surface area (Å²) in [5.41, 5.74) is 0.612. The number of methoxy groups -OCH3 is 1. The number of carbonyl (C=O) groups excluding carboxylic acids is 1. The first-order valence-electron chi connectivity index (χ1n) is 5.64. The van der Waals surface area contributed by atoms with E-state index >= 15 is 0 Å². The molecule has 2 N–H and O–H groups in total. The molecule has 0 fully saturated rings. The van der Waals surface area contributed by atoms with Crippen LogP contribution in [0, 0.1) is 11.8 Å². The van der Waals surface area contributed by atoms with E-state index in [1.165, 1.54) is 19.2 Å². The van der Waals surface area contributed by atoms with E-state index in [2.05, 4.69) is 11.8 Å². The van der Waals surface area contributed by atoms with Gasteiger partial charge in [0.1, 0.15) is 22.8 Å². The predicted molar refractivity (Wildman–Crippen MR) is 70.3 cm³/mol. The second-order valence-corrected chi connectivity index (χ2v) is 3.94. The van der Waals surface area contributed by atoms with Crippen LogP contribution in [0.2, 0.25) is 0 Å². The quantitative estimate of drug-likeness (QED) is 0.483. The van der Waals surface area contributed by atoms with Crippen LogP contribution in [0.25, 0.3) is 0 Å². The second kappa shape index (κ2) is 5.32. The van der Waals surface area contributed by atoms with Gasteiger partial charge in [-0.3, -0.25) is 4.79 Å². The van der Waals surface area contributed by atoms with Crippen LogP contribution in [0.4, 0.5) is 0 Å². The molecule has 96 valence electrons. The lowest BCUT2D eigenvalue weighted by Gasteiger charge is -2.06. The minimum absolute atomic E-state index is 0.208. The van der Waals surface area contributed by atoms with E-state index in [1.54, 1.807) is 0 Å². The number of hydrogen-bond donors (Lipinski definition) is 2. The van der Waals surface area contributed by atoms with Gasteiger partial charge in [0.25, 0.3) is 0 Å². The topological polar surface area (TPSA) is 66.8 Å². The van der Waals surface area contributed by atoms with Gasteiger partial charge < -0.3 is 14.9 Å². The van der Waals surface area contributed by atoms with Gasteiger partial charge in [0, 0.05) is 17.7 Å². The number of phenols is 2. The van der Waals surface area contributed by atoms with Gasteiger partial charge in [-0.1, -0.05) is 24.1 Å². The van der Waals surface area contributed by atoms with E-state index in [9.17, 15) is 15.0 Å². The Balaban J connectivity index is 2.29. The number of ether oxygens (including phenoxy) is 1. The molecule has 0 saturated heterocycles. The van der Waals surface area contributed by atoms with Crippen LogP contribution in [-0.2, 0) is 0 Å². The number of rotatable bonds is 2. The van der Waals surface area contributed by atoms with Gasteiger partial charge >= 0.3 is 0 Å². The highest BCUT2D eigenvalue weighted by atomic mass is 16.5. The molecule has 0 saturated carbocycles. The Hall–Kier alpha value is -2.67. The first kappa shape index (κ1) is 12.8. The van der Waals surface area contributed by atoms with E-state index < -0.39 is 5.78 Å². The lowest BCUT2D eigenvalue weighted by molar-refractivity contribution is 0.105. The zero-order valence-corrected chi connectivity index (χ0v) is 10.3. The summed E-state index contributed by atoms with van der Waals surface area (Å²) < 4.78 is 4.87. The third-order valence-corrected chi connectivity index (χ3v) is 2.64. The molecule has 1 aromatic carbocycles. The Labute approximate surface area is 110 Å². The molecule has 0 atom stereocenters. The second-order valence-electron chi connectivity index (χ2n) is 3.94. The minimum atomic E-state index is -0.634. The molecule has 0 radical (unpaired) electrons. The van der Waals surface area contributed by atoms with Crippen LogP contribution in [0.5, 0.6) is 17.2 Å². The summed E-state index contributed by atoms with van der Waals surface area (Å²) in [5, 5.41) is 19.4. The van der Waals surface area contributed by atoms with Crippen molar-refractivity contribution in [3.05, 3.63) is 41.5 Å². The first-order valence-corrected chi connectivity index (χ1v) is 5.64. The number of aromatic hydroxyl groups is 2. The summed E-state index contributed by atoms with van der Waals surface area (Å²) in [4.78, 5) is 11.9. The maximum atomic E-state index is 11.9. The predicted octanol–water partition coefficient (Wildman–Crippen LogP) is 2.18. The molecule has 0 aromatic heterocycles. The number of ketones is 1.